The van der Waals surface area contributed by atoms with Crippen molar-refractivity contribution in [2.45, 2.75) is 66.0 Å². The molecule has 1 amide bonds. The lowest BCUT2D eigenvalue weighted by Gasteiger charge is -2.29. The molecule has 0 aromatic carbocycles. The largest absolute Gasteiger partial charge is 0.355 e. The van der Waals surface area contributed by atoms with Crippen molar-refractivity contribution in [3.05, 3.63) is 17.0 Å². The molecule has 130 valence electrons. The number of aromatic nitrogens is 2. The van der Waals surface area contributed by atoms with Crippen LogP contribution in [0.15, 0.2) is 0 Å². The molecular formula is C18H32N4O. The first kappa shape index (κ1) is 18.0. The Kier molecular flexibility index (Phi) is 6.22. The van der Waals surface area contributed by atoms with Crippen LogP contribution in [-0.4, -0.2) is 39.7 Å². The van der Waals surface area contributed by atoms with E-state index in [1.54, 1.807) is 0 Å². The molecule has 1 aromatic heterocycles. The second-order valence-corrected chi connectivity index (χ2v) is 6.96. The number of carbonyl (C=O) groups is 1. The molecule has 5 nitrogen and oxygen atoms in total. The summed E-state index contributed by atoms with van der Waals surface area (Å²) in [4.78, 5) is 14.9. The van der Waals surface area contributed by atoms with Crippen molar-refractivity contribution in [2.24, 2.45) is 13.0 Å². The second kappa shape index (κ2) is 7.95. The van der Waals surface area contributed by atoms with Crippen molar-refractivity contribution in [2.75, 3.05) is 13.1 Å². The molecule has 1 atom stereocenters. The molecule has 0 bridgehead atoms. The molecule has 0 radical (unpaired) electrons. The van der Waals surface area contributed by atoms with Gasteiger partial charge in [-0.1, -0.05) is 27.7 Å². The Balaban J connectivity index is 2.29. The fraction of sp³-hybridized carbons (Fsp3) is 0.778. The van der Waals surface area contributed by atoms with Crippen LogP contribution < -0.4 is 5.32 Å². The molecule has 1 fully saturated rings. The summed E-state index contributed by atoms with van der Waals surface area (Å²) < 4.78 is 2.02. The van der Waals surface area contributed by atoms with E-state index in [-0.39, 0.29) is 11.9 Å². The number of nitrogens with one attached hydrogen (secondary N) is 1. The first-order valence-electron chi connectivity index (χ1n) is 9.03. The molecule has 1 aromatic rings. The zero-order valence-electron chi connectivity index (χ0n) is 15.4. The van der Waals surface area contributed by atoms with Gasteiger partial charge in [0, 0.05) is 37.9 Å². The predicted octanol–water partition coefficient (Wildman–Crippen LogP) is 2.28. The summed E-state index contributed by atoms with van der Waals surface area (Å²) >= 11 is 0. The number of amides is 1. The van der Waals surface area contributed by atoms with Crippen molar-refractivity contribution in [3.8, 4) is 0 Å². The van der Waals surface area contributed by atoms with Crippen LogP contribution in [0, 0.1) is 5.92 Å². The van der Waals surface area contributed by atoms with Crippen LogP contribution in [0.2, 0.25) is 0 Å². The van der Waals surface area contributed by atoms with Crippen LogP contribution in [0.4, 0.5) is 0 Å². The van der Waals surface area contributed by atoms with E-state index < -0.39 is 0 Å². The summed E-state index contributed by atoms with van der Waals surface area (Å²) in [5, 5.41) is 7.76. The van der Waals surface area contributed by atoms with Gasteiger partial charge in [0.25, 0.3) is 0 Å². The lowest BCUT2D eigenvalue weighted by atomic mass is 10.0. The molecular weight excluding hydrogens is 288 g/mol. The third-order valence-corrected chi connectivity index (χ3v) is 4.75. The molecule has 5 heteroatoms. The highest BCUT2D eigenvalue weighted by molar-refractivity contribution is 5.82. The fourth-order valence-corrected chi connectivity index (χ4v) is 3.60. The molecule has 0 spiro atoms. The van der Waals surface area contributed by atoms with Crippen molar-refractivity contribution >= 4 is 5.91 Å². The van der Waals surface area contributed by atoms with Gasteiger partial charge in [0.15, 0.2) is 0 Å². The quantitative estimate of drug-likeness (QED) is 0.875. The number of aryl methyl sites for hydroxylation is 2. The molecule has 1 aliphatic heterocycles. The summed E-state index contributed by atoms with van der Waals surface area (Å²) in [5.41, 5.74) is 3.81. The maximum Gasteiger partial charge on any atom is 0.237 e. The van der Waals surface area contributed by atoms with E-state index in [0.717, 1.165) is 45.3 Å². The Bertz CT molecular complexity index is 535. The SMILES string of the molecule is CCc1nn(C)c(CC)c1CN1CCCNC(=O)C1CC(C)C. The van der Waals surface area contributed by atoms with Crippen molar-refractivity contribution in [1.82, 2.24) is 20.0 Å². The van der Waals surface area contributed by atoms with Gasteiger partial charge in [-0.15, -0.1) is 0 Å². The highest BCUT2D eigenvalue weighted by Gasteiger charge is 2.30. The summed E-state index contributed by atoms with van der Waals surface area (Å²) in [6, 6.07) is -0.0212. The molecule has 0 saturated carbocycles. The minimum atomic E-state index is -0.0212. The molecule has 1 aliphatic rings. The van der Waals surface area contributed by atoms with Crippen LogP contribution in [0.3, 0.4) is 0 Å². The highest BCUT2D eigenvalue weighted by atomic mass is 16.2. The second-order valence-electron chi connectivity index (χ2n) is 6.96. The van der Waals surface area contributed by atoms with Crippen LogP contribution in [-0.2, 0) is 31.2 Å². The molecule has 1 unspecified atom stereocenters. The summed E-state index contributed by atoms with van der Waals surface area (Å²) in [6.45, 7) is 11.3. The standard InChI is InChI=1S/C18H32N4O/c1-6-15-14(16(7-2)21(5)20-15)12-22-10-8-9-19-18(23)17(22)11-13(3)4/h13,17H,6-12H2,1-5H3,(H,19,23). The van der Waals surface area contributed by atoms with Crippen LogP contribution in [0.25, 0.3) is 0 Å². The average molecular weight is 320 g/mol. The fourth-order valence-electron chi connectivity index (χ4n) is 3.60. The lowest BCUT2D eigenvalue weighted by molar-refractivity contribution is -0.126. The predicted molar refractivity (Wildman–Crippen MR) is 93.2 cm³/mol. The van der Waals surface area contributed by atoms with E-state index in [4.69, 9.17) is 0 Å². The van der Waals surface area contributed by atoms with Gasteiger partial charge < -0.3 is 5.32 Å². The Morgan fingerprint density at radius 1 is 1.30 bits per heavy atom. The number of hydrogen-bond donors (Lipinski definition) is 1. The van der Waals surface area contributed by atoms with Gasteiger partial charge in [-0.3, -0.25) is 14.4 Å². The Morgan fingerprint density at radius 3 is 2.65 bits per heavy atom. The zero-order chi connectivity index (χ0) is 17.0. The number of carbonyl (C=O) groups excluding carboxylic acids is 1. The van der Waals surface area contributed by atoms with Crippen LogP contribution in [0.5, 0.6) is 0 Å². The van der Waals surface area contributed by atoms with E-state index in [1.165, 1.54) is 17.0 Å². The number of rotatable bonds is 6. The molecule has 23 heavy (non-hydrogen) atoms. The Morgan fingerprint density at radius 2 is 2.04 bits per heavy atom. The summed E-state index contributed by atoms with van der Waals surface area (Å²) in [5.74, 6) is 0.702. The Hall–Kier alpha value is -1.36. The molecule has 1 N–H and O–H groups in total. The molecule has 2 rings (SSSR count). The van der Waals surface area contributed by atoms with E-state index >= 15 is 0 Å². The van der Waals surface area contributed by atoms with Crippen molar-refractivity contribution in [1.29, 1.82) is 0 Å². The van der Waals surface area contributed by atoms with E-state index in [0.29, 0.717) is 5.92 Å². The van der Waals surface area contributed by atoms with Crippen molar-refractivity contribution < 1.29 is 4.79 Å². The number of hydrogen-bond acceptors (Lipinski definition) is 3. The maximum absolute atomic E-state index is 12.5. The van der Waals surface area contributed by atoms with E-state index in [2.05, 4.69) is 43.0 Å². The van der Waals surface area contributed by atoms with Gasteiger partial charge in [0.1, 0.15) is 0 Å². The van der Waals surface area contributed by atoms with Gasteiger partial charge in [0.2, 0.25) is 5.91 Å². The number of nitrogens with zero attached hydrogens (tertiary/aromatic N) is 3. The summed E-state index contributed by atoms with van der Waals surface area (Å²) in [6.07, 6.45) is 3.85. The van der Waals surface area contributed by atoms with Gasteiger partial charge in [0.05, 0.1) is 11.7 Å². The third-order valence-electron chi connectivity index (χ3n) is 4.75. The lowest BCUT2D eigenvalue weighted by Crippen LogP contribution is -2.44. The minimum absolute atomic E-state index is 0.0212. The smallest absolute Gasteiger partial charge is 0.237 e. The first-order chi connectivity index (χ1) is 11.0. The molecule has 2 heterocycles. The van der Waals surface area contributed by atoms with Crippen molar-refractivity contribution in [3.63, 3.8) is 0 Å². The highest BCUT2D eigenvalue weighted by Crippen LogP contribution is 2.22. The molecule has 1 saturated heterocycles. The van der Waals surface area contributed by atoms with Crippen LogP contribution >= 0.6 is 0 Å². The van der Waals surface area contributed by atoms with E-state index in [1.807, 2.05) is 11.7 Å². The Labute approximate surface area is 140 Å². The van der Waals surface area contributed by atoms with Gasteiger partial charge in [-0.05, 0) is 31.6 Å². The zero-order valence-corrected chi connectivity index (χ0v) is 15.4. The van der Waals surface area contributed by atoms with Gasteiger partial charge in [-0.2, -0.15) is 5.10 Å². The van der Waals surface area contributed by atoms with Crippen LogP contribution in [0.1, 0.15) is 57.5 Å². The van der Waals surface area contributed by atoms with E-state index in [9.17, 15) is 4.79 Å². The summed E-state index contributed by atoms with van der Waals surface area (Å²) in [7, 11) is 2.03. The monoisotopic (exact) mass is 320 g/mol. The topological polar surface area (TPSA) is 50.2 Å². The van der Waals surface area contributed by atoms with Gasteiger partial charge in [-0.25, -0.2) is 0 Å². The molecule has 0 aliphatic carbocycles. The average Bonchev–Trinajstić information content (AvgIpc) is 2.71. The minimum Gasteiger partial charge on any atom is -0.355 e. The maximum atomic E-state index is 12.5. The first-order valence-corrected chi connectivity index (χ1v) is 9.03. The van der Waals surface area contributed by atoms with Gasteiger partial charge >= 0.3 is 0 Å². The third kappa shape index (κ3) is 4.14. The normalized spacial score (nSPS) is 19.9.